The lowest BCUT2D eigenvalue weighted by Gasteiger charge is -2.22. The Bertz CT molecular complexity index is 1420. The van der Waals surface area contributed by atoms with Crippen LogP contribution in [-0.4, -0.2) is 21.7 Å². The second-order valence-electron chi connectivity index (χ2n) is 8.34. The number of amides is 2. The number of nitro benzene ring substituents is 1. The van der Waals surface area contributed by atoms with E-state index >= 15 is 0 Å². The van der Waals surface area contributed by atoms with Gasteiger partial charge in [0.25, 0.3) is 5.69 Å². The van der Waals surface area contributed by atoms with Crippen LogP contribution in [0.25, 0.3) is 11.1 Å². The highest BCUT2D eigenvalue weighted by molar-refractivity contribution is 6.30. The van der Waals surface area contributed by atoms with Crippen molar-refractivity contribution in [2.75, 3.05) is 5.32 Å². The number of carbonyl (C=O) groups excluding carboxylic acids is 1. The molecule has 7 nitrogen and oxygen atoms in total. The molecule has 36 heavy (non-hydrogen) atoms. The molecule has 4 aromatic carbocycles. The molecule has 1 unspecified atom stereocenters. The van der Waals surface area contributed by atoms with Gasteiger partial charge in [0.1, 0.15) is 0 Å². The predicted octanol–water partition coefficient (Wildman–Crippen LogP) is 7.30. The molecule has 0 saturated heterocycles. The molecule has 0 saturated carbocycles. The second kappa shape index (κ2) is 10.0. The van der Waals surface area contributed by atoms with Crippen LogP contribution in [0.15, 0.2) is 108 Å². The van der Waals surface area contributed by atoms with E-state index in [0.717, 1.165) is 28.0 Å². The molecule has 8 heteroatoms. The number of nitro groups is 1. The summed E-state index contributed by atoms with van der Waals surface area (Å²) in [6, 6.07) is 30.5. The number of carbonyl (C=O) groups is 1. The third-order valence-electron chi connectivity index (χ3n) is 6.03. The van der Waals surface area contributed by atoms with E-state index in [2.05, 4.69) is 22.6 Å². The van der Waals surface area contributed by atoms with Crippen LogP contribution >= 0.6 is 11.6 Å². The molecular weight excluding hydrogens is 476 g/mol. The van der Waals surface area contributed by atoms with E-state index in [9.17, 15) is 14.9 Å². The standard InChI is InChI=1S/C28H21ClN4O3/c29-23-12-10-21(11-13-23)26-18-27(22-8-6-20(7-9-22)19-4-2-1-3-5-19)32(31-26)28(34)30-24-14-16-25(17-15-24)33(35)36/h1-17,27H,18H2,(H,30,34). The minimum atomic E-state index is -0.482. The molecule has 2 amide bonds. The number of hydrogen-bond donors (Lipinski definition) is 1. The van der Waals surface area contributed by atoms with Gasteiger partial charge in [-0.3, -0.25) is 10.1 Å². The van der Waals surface area contributed by atoms with Gasteiger partial charge in [-0.1, -0.05) is 78.3 Å². The fourth-order valence-corrected chi connectivity index (χ4v) is 4.28. The number of nitrogens with zero attached hydrogens (tertiary/aromatic N) is 3. The van der Waals surface area contributed by atoms with Gasteiger partial charge in [0.15, 0.2) is 0 Å². The van der Waals surface area contributed by atoms with Crippen molar-refractivity contribution in [2.24, 2.45) is 5.10 Å². The van der Waals surface area contributed by atoms with E-state index < -0.39 is 11.0 Å². The Morgan fingerprint density at radius 3 is 2.11 bits per heavy atom. The van der Waals surface area contributed by atoms with Gasteiger partial charge in [0.2, 0.25) is 0 Å². The Hall–Kier alpha value is -4.49. The Morgan fingerprint density at radius 1 is 0.861 bits per heavy atom. The minimum Gasteiger partial charge on any atom is -0.306 e. The zero-order chi connectivity index (χ0) is 25.1. The van der Waals surface area contributed by atoms with Crippen molar-refractivity contribution in [2.45, 2.75) is 12.5 Å². The largest absolute Gasteiger partial charge is 0.342 e. The van der Waals surface area contributed by atoms with Crippen LogP contribution in [0.4, 0.5) is 16.2 Å². The normalized spacial score (nSPS) is 14.9. The number of anilines is 1. The number of benzene rings is 4. The summed E-state index contributed by atoms with van der Waals surface area (Å²) in [6.45, 7) is 0. The summed E-state index contributed by atoms with van der Waals surface area (Å²) in [4.78, 5) is 23.7. The summed E-state index contributed by atoms with van der Waals surface area (Å²) in [5.74, 6) is 0. The van der Waals surface area contributed by atoms with Gasteiger partial charge in [-0.15, -0.1) is 0 Å². The molecule has 1 aliphatic heterocycles. The minimum absolute atomic E-state index is 0.0476. The number of non-ortho nitro benzene ring substituents is 1. The third-order valence-corrected chi connectivity index (χ3v) is 6.28. The summed E-state index contributed by atoms with van der Waals surface area (Å²) >= 11 is 6.05. The summed E-state index contributed by atoms with van der Waals surface area (Å²) in [6.07, 6.45) is 0.528. The highest BCUT2D eigenvalue weighted by atomic mass is 35.5. The van der Waals surface area contributed by atoms with Gasteiger partial charge >= 0.3 is 6.03 Å². The Balaban J connectivity index is 1.43. The lowest BCUT2D eigenvalue weighted by atomic mass is 9.96. The van der Waals surface area contributed by atoms with Crippen molar-refractivity contribution in [3.8, 4) is 11.1 Å². The molecule has 1 heterocycles. The van der Waals surface area contributed by atoms with Crippen LogP contribution in [0, 0.1) is 10.1 Å². The fraction of sp³-hybridized carbons (Fsp3) is 0.0714. The molecule has 0 radical (unpaired) electrons. The highest BCUT2D eigenvalue weighted by Crippen LogP contribution is 2.34. The molecule has 1 atom stereocenters. The van der Waals surface area contributed by atoms with Gasteiger partial charge in [-0.05, 0) is 46.5 Å². The topological polar surface area (TPSA) is 87.8 Å². The van der Waals surface area contributed by atoms with Gasteiger partial charge in [-0.25, -0.2) is 9.80 Å². The molecular formula is C28H21ClN4O3. The van der Waals surface area contributed by atoms with Crippen LogP contribution in [0.2, 0.25) is 5.02 Å². The average Bonchev–Trinajstić information content (AvgIpc) is 3.36. The maximum Gasteiger partial charge on any atom is 0.342 e. The summed E-state index contributed by atoms with van der Waals surface area (Å²) in [5, 5.41) is 20.4. The van der Waals surface area contributed by atoms with Crippen LogP contribution < -0.4 is 5.32 Å². The average molecular weight is 497 g/mol. The van der Waals surface area contributed by atoms with E-state index in [1.165, 1.54) is 29.3 Å². The zero-order valence-corrected chi connectivity index (χ0v) is 19.8. The summed E-state index contributed by atoms with van der Waals surface area (Å²) in [7, 11) is 0. The van der Waals surface area contributed by atoms with Crippen molar-refractivity contribution in [1.82, 2.24) is 5.01 Å². The first-order valence-electron chi connectivity index (χ1n) is 11.3. The van der Waals surface area contributed by atoms with Crippen LogP contribution in [-0.2, 0) is 0 Å². The number of halogens is 1. The number of rotatable bonds is 5. The van der Waals surface area contributed by atoms with Gasteiger partial charge in [0, 0.05) is 29.3 Å². The lowest BCUT2D eigenvalue weighted by Crippen LogP contribution is -2.31. The molecule has 1 N–H and O–H groups in total. The van der Waals surface area contributed by atoms with Crippen molar-refractivity contribution in [3.05, 3.63) is 129 Å². The quantitative estimate of drug-likeness (QED) is 0.232. The van der Waals surface area contributed by atoms with Gasteiger partial charge < -0.3 is 5.32 Å². The number of nitrogens with one attached hydrogen (secondary N) is 1. The summed E-state index contributed by atoms with van der Waals surface area (Å²) in [5.41, 5.74) is 5.19. The van der Waals surface area contributed by atoms with Gasteiger partial charge in [0.05, 0.1) is 16.7 Å². The van der Waals surface area contributed by atoms with E-state index in [4.69, 9.17) is 11.6 Å². The first-order valence-corrected chi connectivity index (χ1v) is 11.7. The number of hydrazone groups is 1. The smallest absolute Gasteiger partial charge is 0.306 e. The van der Waals surface area contributed by atoms with Gasteiger partial charge in [-0.2, -0.15) is 5.10 Å². The third kappa shape index (κ3) is 4.96. The molecule has 0 aromatic heterocycles. The highest BCUT2D eigenvalue weighted by Gasteiger charge is 2.33. The molecule has 0 spiro atoms. The van der Waals surface area contributed by atoms with Crippen molar-refractivity contribution in [3.63, 3.8) is 0 Å². The van der Waals surface area contributed by atoms with Crippen molar-refractivity contribution in [1.29, 1.82) is 0 Å². The Labute approximate surface area is 212 Å². The fourth-order valence-electron chi connectivity index (χ4n) is 4.15. The maximum atomic E-state index is 13.3. The first kappa shape index (κ1) is 23.3. The van der Waals surface area contributed by atoms with E-state index in [-0.39, 0.29) is 11.7 Å². The van der Waals surface area contributed by atoms with Crippen molar-refractivity contribution < 1.29 is 9.72 Å². The monoisotopic (exact) mass is 496 g/mol. The lowest BCUT2D eigenvalue weighted by molar-refractivity contribution is -0.384. The first-order chi connectivity index (χ1) is 17.5. The number of urea groups is 1. The molecule has 0 aliphatic carbocycles. The Kier molecular flexibility index (Phi) is 6.47. The van der Waals surface area contributed by atoms with Crippen molar-refractivity contribution >= 4 is 34.7 Å². The zero-order valence-electron chi connectivity index (χ0n) is 19.0. The van der Waals surface area contributed by atoms with E-state index in [0.29, 0.717) is 17.1 Å². The second-order valence-corrected chi connectivity index (χ2v) is 8.78. The maximum absolute atomic E-state index is 13.3. The van der Waals surface area contributed by atoms with Crippen LogP contribution in [0.1, 0.15) is 23.6 Å². The molecule has 178 valence electrons. The molecule has 0 bridgehead atoms. The predicted molar refractivity (Wildman–Crippen MR) is 141 cm³/mol. The number of hydrogen-bond acceptors (Lipinski definition) is 4. The van der Waals surface area contributed by atoms with Crippen LogP contribution in [0.3, 0.4) is 0 Å². The SMILES string of the molecule is O=C(Nc1ccc([N+](=O)[O-])cc1)N1N=C(c2ccc(Cl)cc2)CC1c1ccc(-c2ccccc2)cc1. The van der Waals surface area contributed by atoms with E-state index in [1.54, 1.807) is 12.1 Å². The molecule has 4 aromatic rings. The summed E-state index contributed by atoms with van der Waals surface area (Å²) < 4.78 is 0. The molecule has 0 fully saturated rings. The van der Waals surface area contributed by atoms with E-state index in [1.807, 2.05) is 54.6 Å². The Morgan fingerprint density at radius 2 is 1.47 bits per heavy atom. The molecule has 5 rings (SSSR count). The van der Waals surface area contributed by atoms with Crippen LogP contribution in [0.5, 0.6) is 0 Å². The molecule has 1 aliphatic rings.